The molecule has 5 nitrogen and oxygen atoms in total. The number of nitrogens with zero attached hydrogens (tertiary/aromatic N) is 2. The molecule has 1 aliphatic rings. The number of hydrogen-bond donors (Lipinski definition) is 3. The lowest BCUT2D eigenvalue weighted by Crippen LogP contribution is -2.60. The van der Waals surface area contributed by atoms with Gasteiger partial charge in [0, 0.05) is 35.8 Å². The number of allylic oxidation sites excluding steroid dienone is 1. The molecule has 0 bridgehead atoms. The summed E-state index contributed by atoms with van der Waals surface area (Å²) in [4.78, 5) is 9.05. The Morgan fingerprint density at radius 3 is 2.96 bits per heavy atom. The van der Waals surface area contributed by atoms with Gasteiger partial charge in [0.2, 0.25) is 0 Å². The summed E-state index contributed by atoms with van der Waals surface area (Å²) in [7, 11) is 0. The highest BCUT2D eigenvalue weighted by atomic mass is 15.0. The molecule has 0 aliphatic carbocycles. The normalized spacial score (nSPS) is 15.0. The number of aromatic nitrogens is 1. The first-order valence-corrected chi connectivity index (χ1v) is 8.60. The van der Waals surface area contributed by atoms with E-state index in [-0.39, 0.29) is 0 Å². The summed E-state index contributed by atoms with van der Waals surface area (Å²) < 4.78 is 0. The summed E-state index contributed by atoms with van der Waals surface area (Å²) in [5, 5.41) is 8.00. The molecule has 1 aromatic heterocycles. The predicted molar refractivity (Wildman–Crippen MR) is 101 cm³/mol. The van der Waals surface area contributed by atoms with Crippen molar-refractivity contribution in [3.05, 3.63) is 41.5 Å². The van der Waals surface area contributed by atoms with Crippen molar-refractivity contribution in [1.29, 1.82) is 0 Å². The average molecular weight is 324 g/mol. The number of aryl methyl sites for hydroxylation is 1. The van der Waals surface area contributed by atoms with Crippen LogP contribution in [0.4, 0.5) is 5.82 Å². The minimum Gasteiger partial charge on any atom is -0.369 e. The van der Waals surface area contributed by atoms with Gasteiger partial charge in [-0.05, 0) is 37.6 Å². The summed E-state index contributed by atoms with van der Waals surface area (Å²) in [6, 6.07) is 9.04. The van der Waals surface area contributed by atoms with Crippen molar-refractivity contribution in [2.24, 2.45) is 4.99 Å². The second kappa shape index (κ2) is 7.45. The van der Waals surface area contributed by atoms with E-state index in [0.29, 0.717) is 12.7 Å². The molecule has 24 heavy (non-hydrogen) atoms. The molecule has 0 fully saturated rings. The van der Waals surface area contributed by atoms with Gasteiger partial charge in [-0.15, -0.1) is 0 Å². The quantitative estimate of drug-likeness (QED) is 0.763. The van der Waals surface area contributed by atoms with Crippen LogP contribution < -0.4 is 16.4 Å². The molecule has 1 unspecified atom stereocenters. The van der Waals surface area contributed by atoms with Gasteiger partial charge in [-0.1, -0.05) is 18.6 Å². The first-order valence-electron chi connectivity index (χ1n) is 8.60. The highest BCUT2D eigenvalue weighted by Gasteiger charge is 2.13. The Labute approximate surface area is 143 Å². The van der Waals surface area contributed by atoms with E-state index >= 15 is 0 Å². The van der Waals surface area contributed by atoms with Crippen LogP contribution >= 0.6 is 0 Å². The smallest absolute Gasteiger partial charge is 0.136 e. The van der Waals surface area contributed by atoms with Gasteiger partial charge in [-0.3, -0.25) is 4.99 Å². The van der Waals surface area contributed by atoms with Crippen molar-refractivity contribution in [2.45, 2.75) is 32.7 Å². The number of fused-ring (bicyclic) bond motifs is 1. The fourth-order valence-corrected chi connectivity index (χ4v) is 2.79. The molecule has 0 saturated carbocycles. The van der Waals surface area contributed by atoms with E-state index in [2.05, 4.69) is 59.5 Å². The molecule has 0 saturated heterocycles. The van der Waals surface area contributed by atoms with Gasteiger partial charge in [0.1, 0.15) is 12.5 Å². The Hall–Kier alpha value is -2.40. The van der Waals surface area contributed by atoms with Crippen molar-refractivity contribution >= 4 is 28.6 Å². The van der Waals surface area contributed by atoms with Gasteiger partial charge in [-0.25, -0.2) is 4.98 Å². The van der Waals surface area contributed by atoms with Crippen molar-refractivity contribution < 1.29 is 5.73 Å². The number of hydrogen-bond acceptors (Lipinski definition) is 4. The number of anilines is 1. The zero-order valence-corrected chi connectivity index (χ0v) is 14.5. The Morgan fingerprint density at radius 1 is 1.33 bits per heavy atom. The summed E-state index contributed by atoms with van der Waals surface area (Å²) in [6.07, 6.45) is 5.99. The first kappa shape index (κ1) is 16.5. The van der Waals surface area contributed by atoms with Crippen molar-refractivity contribution in [3.63, 3.8) is 0 Å². The van der Waals surface area contributed by atoms with Crippen LogP contribution in [-0.2, 0) is 0 Å². The maximum absolute atomic E-state index is 4.86. The molecule has 2 heterocycles. The maximum Gasteiger partial charge on any atom is 0.136 e. The highest BCUT2D eigenvalue weighted by Crippen LogP contribution is 2.26. The van der Waals surface area contributed by atoms with Crippen LogP contribution in [0, 0.1) is 6.92 Å². The number of pyridine rings is 1. The number of quaternary nitrogens is 1. The van der Waals surface area contributed by atoms with Gasteiger partial charge < -0.3 is 16.4 Å². The fourth-order valence-electron chi connectivity index (χ4n) is 2.79. The van der Waals surface area contributed by atoms with Crippen LogP contribution in [-0.4, -0.2) is 30.5 Å². The predicted octanol–water partition coefficient (Wildman–Crippen LogP) is 2.34. The topological polar surface area (TPSA) is 77.0 Å². The lowest BCUT2D eigenvalue weighted by molar-refractivity contribution is -0.420. The van der Waals surface area contributed by atoms with E-state index in [1.165, 1.54) is 5.56 Å². The van der Waals surface area contributed by atoms with Gasteiger partial charge in [0.05, 0.1) is 11.6 Å². The van der Waals surface area contributed by atoms with Crippen molar-refractivity contribution in [1.82, 2.24) is 10.3 Å². The minimum absolute atomic E-state index is 0.475. The van der Waals surface area contributed by atoms with Crippen LogP contribution in [0.15, 0.2) is 35.3 Å². The molecular formula is C19H26N5+. The molecular weight excluding hydrogens is 298 g/mol. The van der Waals surface area contributed by atoms with Gasteiger partial charge in [0.25, 0.3) is 0 Å². The first-order chi connectivity index (χ1) is 11.7. The molecule has 1 aromatic carbocycles. The van der Waals surface area contributed by atoms with E-state index in [1.807, 2.05) is 12.3 Å². The molecule has 0 radical (unpaired) electrons. The van der Waals surface area contributed by atoms with Crippen molar-refractivity contribution in [2.75, 3.05) is 18.5 Å². The van der Waals surface area contributed by atoms with Crippen LogP contribution in [0.3, 0.4) is 0 Å². The zero-order chi connectivity index (χ0) is 16.9. The molecule has 0 amide bonds. The number of nitrogens with one attached hydrogen (secondary N) is 2. The van der Waals surface area contributed by atoms with Crippen molar-refractivity contribution in [3.8, 4) is 0 Å². The molecule has 1 aliphatic heterocycles. The molecule has 126 valence electrons. The third-order valence-corrected chi connectivity index (χ3v) is 4.39. The molecule has 2 aromatic rings. The minimum atomic E-state index is 0.475. The summed E-state index contributed by atoms with van der Waals surface area (Å²) in [5.74, 6) is 0.920. The van der Waals surface area contributed by atoms with Gasteiger partial charge in [-0.2, -0.15) is 0 Å². The Kier molecular flexibility index (Phi) is 5.11. The van der Waals surface area contributed by atoms with E-state index in [9.17, 15) is 0 Å². The zero-order valence-electron chi connectivity index (χ0n) is 14.5. The molecule has 5 heteroatoms. The third-order valence-electron chi connectivity index (χ3n) is 4.39. The monoisotopic (exact) mass is 324 g/mol. The number of benzene rings is 1. The Bertz CT molecular complexity index is 779. The summed E-state index contributed by atoms with van der Waals surface area (Å²) in [5.41, 5.74) is 8.57. The number of rotatable bonds is 6. The van der Waals surface area contributed by atoms with E-state index < -0.39 is 0 Å². The van der Waals surface area contributed by atoms with E-state index in [4.69, 9.17) is 4.98 Å². The highest BCUT2D eigenvalue weighted by molar-refractivity contribution is 5.92. The third kappa shape index (κ3) is 3.74. The van der Waals surface area contributed by atoms with Crippen LogP contribution in [0.1, 0.15) is 30.9 Å². The molecule has 1 atom stereocenters. The Morgan fingerprint density at radius 2 is 2.21 bits per heavy atom. The van der Waals surface area contributed by atoms with Crippen LogP contribution in [0.5, 0.6) is 0 Å². The molecule has 3 rings (SSSR count). The second-order valence-corrected chi connectivity index (χ2v) is 6.32. The van der Waals surface area contributed by atoms with Crippen LogP contribution in [0.25, 0.3) is 16.6 Å². The van der Waals surface area contributed by atoms with E-state index in [0.717, 1.165) is 47.4 Å². The molecule has 5 N–H and O–H groups in total. The fraction of sp³-hybridized carbons (Fsp3) is 0.368. The van der Waals surface area contributed by atoms with Gasteiger partial charge in [0.15, 0.2) is 0 Å². The molecule has 0 spiro atoms. The summed E-state index contributed by atoms with van der Waals surface area (Å²) >= 11 is 0. The van der Waals surface area contributed by atoms with Gasteiger partial charge >= 0.3 is 0 Å². The number of aliphatic imine (C=N–C) groups is 1. The second-order valence-electron chi connectivity index (χ2n) is 6.32. The SMILES string of the molecule is CCC([NH3+])CCNc1nc2ccc(C)cc2cc1C1=CC=NCN1. The van der Waals surface area contributed by atoms with E-state index in [1.54, 1.807) is 0 Å². The lowest BCUT2D eigenvalue weighted by atomic mass is 10.1. The maximum atomic E-state index is 4.86. The average Bonchev–Trinajstić information content (AvgIpc) is 2.61. The van der Waals surface area contributed by atoms with Crippen LogP contribution in [0.2, 0.25) is 0 Å². The standard InChI is InChI=1S/C19H25N5/c1-3-15(20)6-9-22-19-16(18-7-8-21-12-23-18)11-14-10-13(2)4-5-17(14)24-19/h4-5,7-8,10-11,15,23H,3,6,9,12,20H2,1-2H3,(H,22,24)/p+1. The largest absolute Gasteiger partial charge is 0.369 e. The Balaban J connectivity index is 1.95. The summed E-state index contributed by atoms with van der Waals surface area (Å²) in [6.45, 7) is 5.76. The lowest BCUT2D eigenvalue weighted by Gasteiger charge is -2.18.